The Bertz CT molecular complexity index is 416. The summed E-state index contributed by atoms with van der Waals surface area (Å²) in [5, 5.41) is 10.4. The smallest absolute Gasteiger partial charge is 0.124 e. The van der Waals surface area contributed by atoms with Gasteiger partial charge in [-0.05, 0) is 42.9 Å². The fraction of sp³-hybridized carbons (Fsp3) is 0.500. The van der Waals surface area contributed by atoms with Crippen LogP contribution in [-0.4, -0.2) is 11.2 Å². The first kappa shape index (κ1) is 9.61. The highest BCUT2D eigenvalue weighted by molar-refractivity contribution is 6.31. The van der Waals surface area contributed by atoms with Crippen molar-refractivity contribution in [3.05, 3.63) is 34.6 Å². The largest absolute Gasteiger partial charge is 0.392 e. The zero-order valence-electron chi connectivity index (χ0n) is 8.21. The lowest BCUT2D eigenvalue weighted by molar-refractivity contribution is -0.0174. The molecule has 0 saturated heterocycles. The number of benzene rings is 1. The lowest BCUT2D eigenvalue weighted by atomic mass is 9.63. The van der Waals surface area contributed by atoms with Crippen molar-refractivity contribution in [1.82, 2.24) is 0 Å². The summed E-state index contributed by atoms with van der Waals surface area (Å²) in [7, 11) is 0. The van der Waals surface area contributed by atoms with Gasteiger partial charge in [-0.2, -0.15) is 0 Å². The Hall–Kier alpha value is -0.600. The zero-order valence-corrected chi connectivity index (χ0v) is 8.97. The van der Waals surface area contributed by atoms with Gasteiger partial charge in [0.1, 0.15) is 5.82 Å². The molecule has 1 nitrogen and oxygen atoms in total. The Morgan fingerprint density at radius 1 is 1.47 bits per heavy atom. The minimum Gasteiger partial charge on any atom is -0.392 e. The summed E-state index contributed by atoms with van der Waals surface area (Å²) in [4.78, 5) is 0. The average molecular weight is 227 g/mol. The van der Waals surface area contributed by atoms with Gasteiger partial charge in [0, 0.05) is 10.4 Å². The maximum atomic E-state index is 12.9. The molecule has 1 N–H and O–H groups in total. The van der Waals surface area contributed by atoms with Gasteiger partial charge in [0.05, 0.1) is 6.10 Å². The molecule has 2 bridgehead atoms. The molecule has 0 aromatic heterocycles. The van der Waals surface area contributed by atoms with Gasteiger partial charge in [-0.1, -0.05) is 17.7 Å². The fourth-order valence-electron chi connectivity index (χ4n) is 3.24. The Morgan fingerprint density at radius 3 is 2.80 bits per heavy atom. The van der Waals surface area contributed by atoms with Crippen LogP contribution in [0.15, 0.2) is 18.2 Å². The Morgan fingerprint density at radius 2 is 2.27 bits per heavy atom. The maximum absolute atomic E-state index is 12.9. The van der Waals surface area contributed by atoms with Crippen LogP contribution in [0.2, 0.25) is 5.02 Å². The average Bonchev–Trinajstić information content (AvgIpc) is 2.75. The van der Waals surface area contributed by atoms with Crippen molar-refractivity contribution in [2.75, 3.05) is 0 Å². The summed E-state index contributed by atoms with van der Waals surface area (Å²) in [6.07, 6.45) is 2.76. The molecule has 3 aliphatic rings. The highest BCUT2D eigenvalue weighted by Gasteiger charge is 2.59. The van der Waals surface area contributed by atoms with Gasteiger partial charge in [0.2, 0.25) is 0 Å². The number of hydrogen-bond donors (Lipinski definition) is 1. The van der Waals surface area contributed by atoms with E-state index < -0.39 is 0 Å². The second-order valence-electron chi connectivity index (χ2n) is 4.73. The van der Waals surface area contributed by atoms with Gasteiger partial charge in [0.25, 0.3) is 0 Å². The van der Waals surface area contributed by atoms with Crippen LogP contribution < -0.4 is 0 Å². The first-order valence-corrected chi connectivity index (χ1v) is 5.65. The Labute approximate surface area is 92.9 Å². The van der Waals surface area contributed by atoms with E-state index in [1.54, 1.807) is 6.07 Å². The van der Waals surface area contributed by atoms with Gasteiger partial charge >= 0.3 is 0 Å². The molecule has 1 aromatic rings. The van der Waals surface area contributed by atoms with E-state index in [0.29, 0.717) is 10.9 Å². The lowest BCUT2D eigenvalue weighted by Gasteiger charge is -2.45. The molecule has 0 amide bonds. The molecule has 3 heteroatoms. The van der Waals surface area contributed by atoms with Crippen LogP contribution in [0.4, 0.5) is 4.39 Å². The molecule has 3 fully saturated rings. The summed E-state index contributed by atoms with van der Waals surface area (Å²) in [5.74, 6) is 0.120. The van der Waals surface area contributed by atoms with Crippen LogP contribution in [0.25, 0.3) is 0 Å². The third kappa shape index (κ3) is 1.12. The van der Waals surface area contributed by atoms with Crippen molar-refractivity contribution in [2.45, 2.75) is 30.8 Å². The number of fused-ring (bicyclic) bond motifs is 1. The number of aliphatic hydroxyl groups is 1. The molecule has 0 spiro atoms. The van der Waals surface area contributed by atoms with E-state index in [1.165, 1.54) is 12.1 Å². The van der Waals surface area contributed by atoms with Crippen LogP contribution in [0.3, 0.4) is 0 Å². The molecular weight excluding hydrogens is 215 g/mol. The zero-order chi connectivity index (χ0) is 10.6. The molecule has 0 radical (unpaired) electrons. The van der Waals surface area contributed by atoms with E-state index in [0.717, 1.165) is 24.8 Å². The van der Waals surface area contributed by atoms with E-state index in [-0.39, 0.29) is 17.3 Å². The number of hydrogen-bond acceptors (Lipinski definition) is 1. The molecule has 3 atom stereocenters. The summed E-state index contributed by atoms with van der Waals surface area (Å²) in [5.41, 5.74) is 0.752. The molecule has 3 aliphatic carbocycles. The van der Waals surface area contributed by atoms with E-state index >= 15 is 0 Å². The number of rotatable bonds is 1. The van der Waals surface area contributed by atoms with E-state index in [1.807, 2.05) is 0 Å². The molecule has 15 heavy (non-hydrogen) atoms. The standard InChI is InChI=1S/C12H12ClFO/c13-10-5-8(14)1-2-9(10)12-4-3-7(6-12)11(12)15/h1-2,5,7,11,15H,3-4,6H2. The topological polar surface area (TPSA) is 20.2 Å². The van der Waals surface area contributed by atoms with Crippen molar-refractivity contribution < 1.29 is 9.50 Å². The molecule has 0 aliphatic heterocycles. The second-order valence-corrected chi connectivity index (χ2v) is 5.14. The van der Waals surface area contributed by atoms with Gasteiger partial charge in [0.15, 0.2) is 0 Å². The second kappa shape index (κ2) is 2.96. The van der Waals surface area contributed by atoms with Crippen molar-refractivity contribution in [1.29, 1.82) is 0 Å². The highest BCUT2D eigenvalue weighted by Crippen LogP contribution is 2.60. The van der Waals surface area contributed by atoms with Gasteiger partial charge < -0.3 is 5.11 Å². The maximum Gasteiger partial charge on any atom is 0.124 e. The Balaban J connectivity index is 2.06. The van der Waals surface area contributed by atoms with Crippen LogP contribution in [0, 0.1) is 11.7 Å². The van der Waals surface area contributed by atoms with Gasteiger partial charge in [-0.3, -0.25) is 0 Å². The predicted molar refractivity (Wildman–Crippen MR) is 56.4 cm³/mol. The van der Waals surface area contributed by atoms with Crippen molar-refractivity contribution in [2.24, 2.45) is 5.92 Å². The van der Waals surface area contributed by atoms with Crippen molar-refractivity contribution in [3.8, 4) is 0 Å². The van der Waals surface area contributed by atoms with E-state index in [2.05, 4.69) is 0 Å². The predicted octanol–water partition coefficient (Wildman–Crippen LogP) is 2.89. The summed E-state index contributed by atoms with van der Waals surface area (Å²) < 4.78 is 12.9. The summed E-state index contributed by atoms with van der Waals surface area (Å²) >= 11 is 6.04. The first-order chi connectivity index (χ1) is 7.13. The van der Waals surface area contributed by atoms with Crippen LogP contribution in [-0.2, 0) is 5.41 Å². The minimum absolute atomic E-state index is 0.171. The Kier molecular flexibility index (Phi) is 1.89. The van der Waals surface area contributed by atoms with Crippen LogP contribution in [0.1, 0.15) is 24.8 Å². The molecule has 1 aromatic carbocycles. The number of aliphatic hydroxyl groups excluding tert-OH is 1. The summed E-state index contributed by atoms with van der Waals surface area (Å²) in [6, 6.07) is 4.49. The molecular formula is C12H12ClFO. The monoisotopic (exact) mass is 226 g/mol. The minimum atomic E-state index is -0.316. The van der Waals surface area contributed by atoms with Gasteiger partial charge in [-0.25, -0.2) is 4.39 Å². The third-order valence-corrected chi connectivity index (χ3v) is 4.38. The quantitative estimate of drug-likeness (QED) is 0.781. The molecule has 0 heterocycles. The van der Waals surface area contributed by atoms with Gasteiger partial charge in [-0.15, -0.1) is 0 Å². The lowest BCUT2D eigenvalue weighted by Crippen LogP contribution is -2.48. The van der Waals surface area contributed by atoms with Crippen LogP contribution in [0.5, 0.6) is 0 Å². The third-order valence-electron chi connectivity index (χ3n) is 4.07. The van der Waals surface area contributed by atoms with Crippen molar-refractivity contribution >= 4 is 11.6 Å². The first-order valence-electron chi connectivity index (χ1n) is 5.27. The molecule has 4 rings (SSSR count). The number of halogens is 2. The fourth-order valence-corrected chi connectivity index (χ4v) is 3.60. The van der Waals surface area contributed by atoms with E-state index in [4.69, 9.17) is 11.6 Å². The SMILES string of the molecule is OC1C2CCC1(c1ccc(F)cc1Cl)C2. The normalized spacial score (nSPS) is 37.8. The molecule has 80 valence electrons. The summed E-state index contributed by atoms with van der Waals surface area (Å²) in [6.45, 7) is 0. The molecule has 3 unspecified atom stereocenters. The highest BCUT2D eigenvalue weighted by atomic mass is 35.5. The molecule has 3 saturated carbocycles. The van der Waals surface area contributed by atoms with Crippen LogP contribution >= 0.6 is 11.6 Å². The van der Waals surface area contributed by atoms with Crippen molar-refractivity contribution in [3.63, 3.8) is 0 Å². The van der Waals surface area contributed by atoms with E-state index in [9.17, 15) is 9.50 Å².